The molecule has 0 radical (unpaired) electrons. The number of nitrogens with one attached hydrogen (secondary N) is 1. The van der Waals surface area contributed by atoms with Crippen LogP contribution in [0.5, 0.6) is 0 Å². The summed E-state index contributed by atoms with van der Waals surface area (Å²) in [4.78, 5) is 10.4. The molecule has 3 N–H and O–H groups in total. The van der Waals surface area contributed by atoms with Crippen molar-refractivity contribution >= 4 is 11.6 Å². The van der Waals surface area contributed by atoms with Crippen molar-refractivity contribution in [1.29, 1.82) is 5.26 Å². The molecule has 5 heteroatoms. The van der Waals surface area contributed by atoms with Crippen LogP contribution in [0.1, 0.15) is 18.4 Å². The van der Waals surface area contributed by atoms with E-state index in [2.05, 4.69) is 5.32 Å². The number of halogens is 1. The Morgan fingerprint density at radius 1 is 1.56 bits per heavy atom. The maximum absolute atomic E-state index is 13.3. The highest BCUT2D eigenvalue weighted by Gasteiger charge is 2.02. The Balaban J connectivity index is 2.49. The first kappa shape index (κ1) is 12.0. The molecule has 0 aliphatic carbocycles. The van der Waals surface area contributed by atoms with Gasteiger partial charge in [0.25, 0.3) is 0 Å². The van der Waals surface area contributed by atoms with E-state index in [4.69, 9.17) is 11.0 Å². The van der Waals surface area contributed by atoms with Gasteiger partial charge in [0, 0.05) is 13.0 Å². The van der Waals surface area contributed by atoms with Crippen LogP contribution in [0.25, 0.3) is 0 Å². The van der Waals surface area contributed by atoms with Gasteiger partial charge in [0.2, 0.25) is 5.91 Å². The van der Waals surface area contributed by atoms with E-state index in [1.807, 2.05) is 6.07 Å². The number of nitriles is 1. The lowest BCUT2D eigenvalue weighted by molar-refractivity contribution is -0.118. The molecule has 0 atom stereocenters. The van der Waals surface area contributed by atoms with Gasteiger partial charge in [-0.15, -0.1) is 0 Å². The monoisotopic (exact) mass is 221 g/mol. The number of primary amides is 1. The number of anilines is 1. The van der Waals surface area contributed by atoms with Crippen molar-refractivity contribution in [3.63, 3.8) is 0 Å². The molecule has 0 fully saturated rings. The molecule has 0 bridgehead atoms. The van der Waals surface area contributed by atoms with Crippen molar-refractivity contribution < 1.29 is 9.18 Å². The molecule has 0 aliphatic heterocycles. The maximum atomic E-state index is 13.3. The molecule has 84 valence electrons. The van der Waals surface area contributed by atoms with E-state index in [-0.39, 0.29) is 17.9 Å². The topological polar surface area (TPSA) is 78.9 Å². The molecule has 1 aromatic carbocycles. The summed E-state index contributed by atoms with van der Waals surface area (Å²) in [7, 11) is 0. The van der Waals surface area contributed by atoms with Crippen molar-refractivity contribution in [3.8, 4) is 6.07 Å². The summed E-state index contributed by atoms with van der Waals surface area (Å²) in [6.07, 6.45) is 0.819. The molecule has 0 aliphatic rings. The number of amides is 1. The molecule has 0 aromatic heterocycles. The average Bonchev–Trinajstić information content (AvgIpc) is 2.25. The van der Waals surface area contributed by atoms with Crippen molar-refractivity contribution in [3.05, 3.63) is 29.6 Å². The molecule has 0 heterocycles. The SMILES string of the molecule is N#Cc1ccc(NCCCC(N)=O)c(F)c1. The fourth-order valence-corrected chi connectivity index (χ4v) is 1.21. The number of hydrogen-bond acceptors (Lipinski definition) is 3. The Morgan fingerprint density at radius 3 is 2.88 bits per heavy atom. The molecule has 0 unspecified atom stereocenters. The molecule has 0 spiro atoms. The first-order chi connectivity index (χ1) is 7.63. The van der Waals surface area contributed by atoms with Crippen LogP contribution < -0.4 is 11.1 Å². The predicted molar refractivity (Wildman–Crippen MR) is 58.0 cm³/mol. The van der Waals surface area contributed by atoms with Crippen LogP contribution in [0.15, 0.2) is 18.2 Å². The van der Waals surface area contributed by atoms with E-state index in [0.29, 0.717) is 18.7 Å². The zero-order valence-corrected chi connectivity index (χ0v) is 8.66. The van der Waals surface area contributed by atoms with Gasteiger partial charge in [-0.05, 0) is 24.6 Å². The van der Waals surface area contributed by atoms with E-state index in [1.54, 1.807) is 0 Å². The van der Waals surface area contributed by atoms with Crippen molar-refractivity contribution in [2.24, 2.45) is 5.73 Å². The zero-order chi connectivity index (χ0) is 12.0. The van der Waals surface area contributed by atoms with Gasteiger partial charge in [-0.3, -0.25) is 4.79 Å². The lowest BCUT2D eigenvalue weighted by Crippen LogP contribution is -2.13. The number of carbonyl (C=O) groups excluding carboxylic acids is 1. The Morgan fingerprint density at radius 2 is 2.31 bits per heavy atom. The van der Waals surface area contributed by atoms with Gasteiger partial charge in [-0.25, -0.2) is 4.39 Å². The highest BCUT2D eigenvalue weighted by molar-refractivity contribution is 5.73. The molecule has 4 nitrogen and oxygen atoms in total. The van der Waals surface area contributed by atoms with Crippen molar-refractivity contribution in [1.82, 2.24) is 0 Å². The predicted octanol–water partition coefficient (Wildman–Crippen LogP) is 1.37. The van der Waals surface area contributed by atoms with Crippen LogP contribution in [-0.4, -0.2) is 12.5 Å². The number of nitrogens with two attached hydrogens (primary N) is 1. The largest absolute Gasteiger partial charge is 0.383 e. The third kappa shape index (κ3) is 3.58. The van der Waals surface area contributed by atoms with Gasteiger partial charge in [-0.1, -0.05) is 0 Å². The minimum absolute atomic E-state index is 0.269. The first-order valence-electron chi connectivity index (χ1n) is 4.85. The first-order valence-corrected chi connectivity index (χ1v) is 4.85. The van der Waals surface area contributed by atoms with Crippen LogP contribution >= 0.6 is 0 Å². The lowest BCUT2D eigenvalue weighted by atomic mass is 10.2. The second-order valence-electron chi connectivity index (χ2n) is 3.30. The molecular formula is C11H12FN3O. The number of hydrogen-bond donors (Lipinski definition) is 2. The summed E-state index contributed by atoms with van der Waals surface area (Å²) in [5.41, 5.74) is 5.56. The van der Waals surface area contributed by atoms with Crippen LogP contribution in [0, 0.1) is 17.1 Å². The highest BCUT2D eigenvalue weighted by Crippen LogP contribution is 2.15. The molecule has 1 aromatic rings. The quantitative estimate of drug-likeness (QED) is 0.737. The summed E-state index contributed by atoms with van der Waals surface area (Å²) < 4.78 is 13.3. The molecular weight excluding hydrogens is 209 g/mol. The Bertz CT molecular complexity index is 426. The van der Waals surface area contributed by atoms with Crippen LogP contribution in [-0.2, 0) is 4.79 Å². The summed E-state index contributed by atoms with van der Waals surface area (Å²) in [5, 5.41) is 11.4. The smallest absolute Gasteiger partial charge is 0.217 e. The standard InChI is InChI=1S/C11H12FN3O/c12-9-6-8(7-13)3-4-10(9)15-5-1-2-11(14)16/h3-4,6,15H,1-2,5H2,(H2,14,16). The molecule has 1 amide bonds. The second kappa shape index (κ2) is 5.71. The third-order valence-corrected chi connectivity index (χ3v) is 2.01. The average molecular weight is 221 g/mol. The number of carbonyl (C=O) groups is 1. The Labute approximate surface area is 92.9 Å². The molecule has 0 saturated carbocycles. The van der Waals surface area contributed by atoms with E-state index in [0.717, 1.165) is 6.07 Å². The number of rotatable bonds is 5. The lowest BCUT2D eigenvalue weighted by Gasteiger charge is -2.06. The Hall–Kier alpha value is -2.09. The van der Waals surface area contributed by atoms with Crippen molar-refractivity contribution in [2.45, 2.75) is 12.8 Å². The van der Waals surface area contributed by atoms with Gasteiger partial charge >= 0.3 is 0 Å². The fraction of sp³-hybridized carbons (Fsp3) is 0.273. The normalized spacial score (nSPS) is 9.50. The minimum atomic E-state index is -0.474. The number of benzene rings is 1. The second-order valence-corrected chi connectivity index (χ2v) is 3.30. The van der Waals surface area contributed by atoms with Gasteiger partial charge in [0.1, 0.15) is 5.82 Å². The maximum Gasteiger partial charge on any atom is 0.217 e. The van der Waals surface area contributed by atoms with Gasteiger partial charge in [0.15, 0.2) is 0 Å². The van der Waals surface area contributed by atoms with Gasteiger partial charge in [-0.2, -0.15) is 5.26 Å². The Kier molecular flexibility index (Phi) is 4.28. The molecule has 16 heavy (non-hydrogen) atoms. The van der Waals surface area contributed by atoms with E-state index in [9.17, 15) is 9.18 Å². The van der Waals surface area contributed by atoms with Crippen LogP contribution in [0.4, 0.5) is 10.1 Å². The summed E-state index contributed by atoms with van der Waals surface area (Å²) in [5.74, 6) is -0.847. The van der Waals surface area contributed by atoms with Gasteiger partial charge in [0.05, 0.1) is 17.3 Å². The minimum Gasteiger partial charge on any atom is -0.383 e. The summed E-state index contributed by atoms with van der Waals surface area (Å²) in [6.45, 7) is 0.464. The molecule has 0 saturated heterocycles. The van der Waals surface area contributed by atoms with Crippen molar-refractivity contribution in [2.75, 3.05) is 11.9 Å². The summed E-state index contributed by atoms with van der Waals surface area (Å²) in [6, 6.07) is 6.04. The highest BCUT2D eigenvalue weighted by atomic mass is 19.1. The molecule has 1 rings (SSSR count). The van der Waals surface area contributed by atoms with E-state index in [1.165, 1.54) is 12.1 Å². The van der Waals surface area contributed by atoms with Crippen LogP contribution in [0.2, 0.25) is 0 Å². The third-order valence-electron chi connectivity index (χ3n) is 2.01. The summed E-state index contributed by atoms with van der Waals surface area (Å²) >= 11 is 0. The number of nitrogens with zero attached hydrogens (tertiary/aromatic N) is 1. The zero-order valence-electron chi connectivity index (χ0n) is 8.66. The van der Waals surface area contributed by atoms with E-state index < -0.39 is 5.82 Å². The van der Waals surface area contributed by atoms with Gasteiger partial charge < -0.3 is 11.1 Å². The van der Waals surface area contributed by atoms with Crippen LogP contribution in [0.3, 0.4) is 0 Å². The fourth-order valence-electron chi connectivity index (χ4n) is 1.21. The van der Waals surface area contributed by atoms with E-state index >= 15 is 0 Å².